The standard InChI is InChI=1S/C18H20IN3O2S/c1-11(2)10-24-14-6-4-5-13(9-14)17(23)22-18(25)21-16-8-7-15(19)12(3)20-16/h4-9,11H,10H2,1-3H3,(H2,20,21,22,23,25). The van der Waals surface area contributed by atoms with E-state index in [1.807, 2.05) is 25.1 Å². The lowest BCUT2D eigenvalue weighted by Crippen LogP contribution is -2.34. The van der Waals surface area contributed by atoms with E-state index in [1.165, 1.54) is 0 Å². The topological polar surface area (TPSA) is 63.2 Å². The van der Waals surface area contributed by atoms with E-state index in [0.29, 0.717) is 29.7 Å². The zero-order chi connectivity index (χ0) is 18.4. The van der Waals surface area contributed by atoms with Gasteiger partial charge in [-0.1, -0.05) is 19.9 Å². The highest BCUT2D eigenvalue weighted by molar-refractivity contribution is 14.1. The smallest absolute Gasteiger partial charge is 0.257 e. The van der Waals surface area contributed by atoms with Gasteiger partial charge < -0.3 is 10.1 Å². The number of pyridine rings is 1. The number of halogens is 1. The molecule has 2 N–H and O–H groups in total. The number of carbonyl (C=O) groups excluding carboxylic acids is 1. The molecule has 2 aromatic rings. The van der Waals surface area contributed by atoms with Crippen LogP contribution in [0.15, 0.2) is 36.4 Å². The molecule has 2 rings (SSSR count). The largest absolute Gasteiger partial charge is 0.493 e. The highest BCUT2D eigenvalue weighted by atomic mass is 127. The normalized spacial score (nSPS) is 10.4. The molecule has 0 aliphatic rings. The van der Waals surface area contributed by atoms with Crippen LogP contribution in [-0.4, -0.2) is 22.6 Å². The van der Waals surface area contributed by atoms with Gasteiger partial charge in [-0.15, -0.1) is 0 Å². The molecular formula is C18H20IN3O2S. The molecule has 0 spiro atoms. The van der Waals surface area contributed by atoms with Crippen molar-refractivity contribution in [2.75, 3.05) is 11.9 Å². The molecule has 0 saturated carbocycles. The van der Waals surface area contributed by atoms with Gasteiger partial charge in [-0.2, -0.15) is 0 Å². The van der Waals surface area contributed by atoms with Crippen molar-refractivity contribution in [3.8, 4) is 5.75 Å². The minimum atomic E-state index is -0.297. The Balaban J connectivity index is 1.97. The van der Waals surface area contributed by atoms with Crippen LogP contribution in [0.25, 0.3) is 0 Å². The summed E-state index contributed by atoms with van der Waals surface area (Å²) in [6.45, 7) is 6.65. The first kappa shape index (κ1) is 19.6. The lowest BCUT2D eigenvalue weighted by atomic mass is 10.2. The van der Waals surface area contributed by atoms with Crippen LogP contribution in [-0.2, 0) is 0 Å². The SMILES string of the molecule is Cc1nc(NC(=S)NC(=O)c2cccc(OCC(C)C)c2)ccc1I. The van der Waals surface area contributed by atoms with E-state index in [4.69, 9.17) is 17.0 Å². The zero-order valence-electron chi connectivity index (χ0n) is 14.3. The third-order valence-corrected chi connectivity index (χ3v) is 4.51. The van der Waals surface area contributed by atoms with Crippen LogP contribution >= 0.6 is 34.8 Å². The number of anilines is 1. The quantitative estimate of drug-likeness (QED) is 0.509. The molecule has 0 radical (unpaired) electrons. The van der Waals surface area contributed by atoms with Crippen molar-refractivity contribution in [3.05, 3.63) is 51.2 Å². The summed E-state index contributed by atoms with van der Waals surface area (Å²) in [6.07, 6.45) is 0. The van der Waals surface area contributed by atoms with E-state index in [0.717, 1.165) is 9.26 Å². The third kappa shape index (κ3) is 6.24. The van der Waals surface area contributed by atoms with Gasteiger partial charge in [0.2, 0.25) is 0 Å². The molecule has 1 aromatic heterocycles. The molecule has 0 aliphatic carbocycles. The van der Waals surface area contributed by atoms with Gasteiger partial charge in [-0.05, 0) is 78.0 Å². The van der Waals surface area contributed by atoms with Crippen LogP contribution in [0.3, 0.4) is 0 Å². The van der Waals surface area contributed by atoms with E-state index >= 15 is 0 Å². The molecule has 1 aromatic carbocycles. The molecule has 132 valence electrons. The van der Waals surface area contributed by atoms with Crippen molar-refractivity contribution in [1.82, 2.24) is 10.3 Å². The van der Waals surface area contributed by atoms with Gasteiger partial charge >= 0.3 is 0 Å². The summed E-state index contributed by atoms with van der Waals surface area (Å²) in [5.74, 6) is 1.38. The van der Waals surface area contributed by atoms with Gasteiger partial charge in [-0.25, -0.2) is 4.98 Å². The molecule has 7 heteroatoms. The zero-order valence-corrected chi connectivity index (χ0v) is 17.3. The summed E-state index contributed by atoms with van der Waals surface area (Å²) in [5.41, 5.74) is 1.38. The summed E-state index contributed by atoms with van der Waals surface area (Å²) >= 11 is 7.40. The molecule has 0 aliphatic heterocycles. The predicted molar refractivity (Wildman–Crippen MR) is 112 cm³/mol. The molecule has 0 atom stereocenters. The van der Waals surface area contributed by atoms with Crippen molar-refractivity contribution < 1.29 is 9.53 Å². The van der Waals surface area contributed by atoms with Crippen LogP contribution in [0.1, 0.15) is 29.9 Å². The van der Waals surface area contributed by atoms with E-state index < -0.39 is 0 Å². The third-order valence-electron chi connectivity index (χ3n) is 3.17. The van der Waals surface area contributed by atoms with Crippen molar-refractivity contribution in [3.63, 3.8) is 0 Å². The molecule has 1 heterocycles. The minimum Gasteiger partial charge on any atom is -0.493 e. The molecule has 0 saturated heterocycles. The number of hydrogen-bond acceptors (Lipinski definition) is 4. The summed E-state index contributed by atoms with van der Waals surface area (Å²) in [4.78, 5) is 16.7. The fourth-order valence-electron chi connectivity index (χ4n) is 1.93. The fraction of sp³-hybridized carbons (Fsp3) is 0.278. The predicted octanol–water partition coefficient (Wildman–Crippen LogP) is 4.16. The number of carbonyl (C=O) groups is 1. The summed E-state index contributed by atoms with van der Waals surface area (Å²) in [5, 5.41) is 5.77. The molecule has 25 heavy (non-hydrogen) atoms. The molecule has 0 fully saturated rings. The van der Waals surface area contributed by atoms with Gasteiger partial charge in [0.15, 0.2) is 5.11 Å². The van der Waals surface area contributed by atoms with Crippen LogP contribution in [0, 0.1) is 16.4 Å². The monoisotopic (exact) mass is 469 g/mol. The minimum absolute atomic E-state index is 0.201. The number of benzene rings is 1. The van der Waals surface area contributed by atoms with Crippen molar-refractivity contribution in [2.24, 2.45) is 5.92 Å². The number of hydrogen-bond donors (Lipinski definition) is 2. The van der Waals surface area contributed by atoms with E-state index in [1.54, 1.807) is 18.2 Å². The number of ether oxygens (including phenoxy) is 1. The Hall–Kier alpha value is -1.74. The average molecular weight is 469 g/mol. The van der Waals surface area contributed by atoms with Crippen LogP contribution in [0.4, 0.5) is 5.82 Å². The highest BCUT2D eigenvalue weighted by Gasteiger charge is 2.10. The number of thiocarbonyl (C=S) groups is 1. The molecule has 1 amide bonds. The lowest BCUT2D eigenvalue weighted by Gasteiger charge is -2.11. The van der Waals surface area contributed by atoms with Crippen molar-refractivity contribution in [1.29, 1.82) is 0 Å². The van der Waals surface area contributed by atoms with Gasteiger partial charge in [0, 0.05) is 9.13 Å². The second-order valence-corrected chi connectivity index (χ2v) is 7.48. The number of nitrogens with one attached hydrogen (secondary N) is 2. The van der Waals surface area contributed by atoms with Gasteiger partial charge in [0.1, 0.15) is 11.6 Å². The Labute approximate surface area is 166 Å². The van der Waals surface area contributed by atoms with E-state index in [-0.39, 0.29) is 11.0 Å². The maximum Gasteiger partial charge on any atom is 0.257 e. The lowest BCUT2D eigenvalue weighted by molar-refractivity contribution is 0.0977. The van der Waals surface area contributed by atoms with Gasteiger partial charge in [0.05, 0.1) is 12.3 Å². The van der Waals surface area contributed by atoms with Crippen LogP contribution < -0.4 is 15.4 Å². The Morgan fingerprint density at radius 3 is 2.76 bits per heavy atom. The highest BCUT2D eigenvalue weighted by Crippen LogP contribution is 2.15. The van der Waals surface area contributed by atoms with Crippen LogP contribution in [0.2, 0.25) is 0 Å². The maximum atomic E-state index is 12.3. The van der Waals surface area contributed by atoms with Crippen molar-refractivity contribution >= 4 is 51.6 Å². The molecule has 5 nitrogen and oxygen atoms in total. The number of aromatic nitrogens is 1. The summed E-state index contributed by atoms with van der Waals surface area (Å²) in [6, 6.07) is 10.8. The molecule has 0 bridgehead atoms. The first-order valence-electron chi connectivity index (χ1n) is 7.83. The second-order valence-electron chi connectivity index (χ2n) is 5.90. The second kappa shape index (κ2) is 9.10. The Bertz CT molecular complexity index is 781. The summed E-state index contributed by atoms with van der Waals surface area (Å²) in [7, 11) is 0. The number of amides is 1. The van der Waals surface area contributed by atoms with Gasteiger partial charge in [0.25, 0.3) is 5.91 Å². The van der Waals surface area contributed by atoms with Gasteiger partial charge in [-0.3, -0.25) is 10.1 Å². The summed E-state index contributed by atoms with van der Waals surface area (Å²) < 4.78 is 6.71. The van der Waals surface area contributed by atoms with Crippen molar-refractivity contribution in [2.45, 2.75) is 20.8 Å². The Kier molecular flexibility index (Phi) is 7.12. The Morgan fingerprint density at radius 2 is 2.08 bits per heavy atom. The van der Waals surface area contributed by atoms with E-state index in [9.17, 15) is 4.79 Å². The van der Waals surface area contributed by atoms with E-state index in [2.05, 4.69) is 52.1 Å². The first-order valence-corrected chi connectivity index (χ1v) is 9.32. The van der Waals surface area contributed by atoms with Crippen LogP contribution in [0.5, 0.6) is 5.75 Å². The Morgan fingerprint density at radius 1 is 1.32 bits per heavy atom. The number of rotatable bonds is 5. The maximum absolute atomic E-state index is 12.3. The number of aryl methyl sites for hydroxylation is 1. The average Bonchev–Trinajstić information content (AvgIpc) is 2.56. The first-order chi connectivity index (χ1) is 11.8. The fourth-order valence-corrected chi connectivity index (χ4v) is 2.42. The molecular weight excluding hydrogens is 449 g/mol. The number of nitrogens with zero attached hydrogens (tertiary/aromatic N) is 1. The molecule has 0 unspecified atom stereocenters.